The van der Waals surface area contributed by atoms with Crippen LogP contribution in [-0.4, -0.2) is 54.1 Å². The van der Waals surface area contributed by atoms with Gasteiger partial charge in [0.15, 0.2) is 11.6 Å². The molecule has 0 saturated heterocycles. The van der Waals surface area contributed by atoms with E-state index in [0.29, 0.717) is 51.2 Å². The topological polar surface area (TPSA) is 111 Å². The number of benzene rings is 2. The Morgan fingerprint density at radius 1 is 1.05 bits per heavy atom. The lowest BCUT2D eigenvalue weighted by Crippen LogP contribution is -2.43. The van der Waals surface area contributed by atoms with Crippen molar-refractivity contribution in [1.82, 2.24) is 30.1 Å². The van der Waals surface area contributed by atoms with Gasteiger partial charge in [-0.25, -0.2) is 4.98 Å². The fourth-order valence-electron chi connectivity index (χ4n) is 4.59. The number of hydrogen-bond donors (Lipinski definition) is 0. The second kappa shape index (κ2) is 11.3. The number of ketones is 2. The van der Waals surface area contributed by atoms with Crippen molar-refractivity contribution in [3.8, 4) is 5.69 Å². The number of nitrogens with zero attached hydrogens (tertiary/aromatic N) is 6. The molecule has 2 aromatic carbocycles. The van der Waals surface area contributed by atoms with Gasteiger partial charge in [0, 0.05) is 52.9 Å². The number of aromatic nitrogens is 5. The summed E-state index contributed by atoms with van der Waals surface area (Å²) in [4.78, 5) is 44.8. The third kappa shape index (κ3) is 5.79. The van der Waals surface area contributed by atoms with Crippen LogP contribution < -0.4 is 0 Å². The highest BCUT2D eigenvalue weighted by Crippen LogP contribution is 2.32. The summed E-state index contributed by atoms with van der Waals surface area (Å²) < 4.78 is 1.47. The Labute approximate surface area is 234 Å². The normalized spacial score (nSPS) is 14.8. The Morgan fingerprint density at radius 3 is 2.56 bits per heavy atom. The van der Waals surface area contributed by atoms with Crippen molar-refractivity contribution in [2.45, 2.75) is 25.8 Å². The maximum Gasteiger partial charge on any atom is 0.247 e. The molecule has 0 radical (unpaired) electrons. The van der Waals surface area contributed by atoms with Gasteiger partial charge in [-0.2, -0.15) is 4.68 Å². The van der Waals surface area contributed by atoms with Crippen LogP contribution in [0, 0.1) is 0 Å². The average molecular weight is 561 g/mol. The van der Waals surface area contributed by atoms with E-state index in [2.05, 4.69) is 20.5 Å². The maximum atomic E-state index is 13.7. The molecule has 3 heterocycles. The minimum Gasteiger partial charge on any atom is -0.325 e. The molecule has 4 aromatic rings. The van der Waals surface area contributed by atoms with E-state index in [1.165, 1.54) is 24.0 Å². The van der Waals surface area contributed by atoms with Gasteiger partial charge in [-0.3, -0.25) is 14.4 Å². The van der Waals surface area contributed by atoms with Gasteiger partial charge in [-0.05, 0) is 53.3 Å². The van der Waals surface area contributed by atoms with Crippen molar-refractivity contribution < 1.29 is 14.4 Å². The molecule has 5 rings (SSSR count). The summed E-state index contributed by atoms with van der Waals surface area (Å²) in [6.07, 6.45) is 5.02. The number of halogens is 2. The first-order valence-corrected chi connectivity index (χ1v) is 12.9. The van der Waals surface area contributed by atoms with E-state index in [1.54, 1.807) is 65.6 Å². The van der Waals surface area contributed by atoms with Crippen LogP contribution in [0.4, 0.5) is 0 Å². The molecule has 9 nitrogen and oxygen atoms in total. The number of tetrazole rings is 1. The van der Waals surface area contributed by atoms with Gasteiger partial charge >= 0.3 is 0 Å². The number of carbonyl (C=O) groups is 3. The molecule has 1 unspecified atom stereocenters. The molecule has 39 heavy (non-hydrogen) atoms. The predicted molar refractivity (Wildman–Crippen MR) is 146 cm³/mol. The van der Waals surface area contributed by atoms with Gasteiger partial charge in [0.2, 0.25) is 5.91 Å². The van der Waals surface area contributed by atoms with Gasteiger partial charge in [-0.1, -0.05) is 53.5 Å². The first-order valence-electron chi connectivity index (χ1n) is 12.1. The zero-order chi connectivity index (χ0) is 27.5. The third-order valence-corrected chi connectivity index (χ3v) is 6.93. The quantitative estimate of drug-likeness (QED) is 0.185. The van der Waals surface area contributed by atoms with Gasteiger partial charge in [0.05, 0.1) is 5.69 Å². The summed E-state index contributed by atoms with van der Waals surface area (Å²) in [6.45, 7) is 1.78. The van der Waals surface area contributed by atoms with Crippen LogP contribution in [0.3, 0.4) is 0 Å². The standard InChI is InChI=1S/C28H22Cl2N6O3/c1-17(37)19-4-2-18(3-5-19)14-25(38)28-22-8-10-26(30)32-23(22)12-13-35(28)27(39)11-6-20-15-21(29)7-9-24(20)36-16-31-33-34-36/h2-11,15-16,28H,12-14H2,1H3/b11-6+. The van der Waals surface area contributed by atoms with E-state index in [-0.39, 0.29) is 23.9 Å². The first-order chi connectivity index (χ1) is 18.8. The molecule has 1 atom stereocenters. The summed E-state index contributed by atoms with van der Waals surface area (Å²) in [6, 6.07) is 14.6. The second-order valence-electron chi connectivity index (χ2n) is 9.04. The van der Waals surface area contributed by atoms with Crippen LogP contribution in [0.2, 0.25) is 10.2 Å². The highest BCUT2D eigenvalue weighted by atomic mass is 35.5. The zero-order valence-electron chi connectivity index (χ0n) is 20.8. The Morgan fingerprint density at radius 2 is 1.85 bits per heavy atom. The fourth-order valence-corrected chi connectivity index (χ4v) is 4.94. The molecule has 0 saturated carbocycles. The van der Waals surface area contributed by atoms with E-state index in [1.807, 2.05) is 0 Å². The summed E-state index contributed by atoms with van der Waals surface area (Å²) >= 11 is 12.3. The summed E-state index contributed by atoms with van der Waals surface area (Å²) in [5, 5.41) is 12.1. The fraction of sp³-hybridized carbons (Fsp3) is 0.179. The van der Waals surface area contributed by atoms with Gasteiger partial charge < -0.3 is 4.90 Å². The van der Waals surface area contributed by atoms with Gasteiger partial charge in [0.1, 0.15) is 17.5 Å². The molecular formula is C28H22Cl2N6O3. The Bertz CT molecular complexity index is 1590. The van der Waals surface area contributed by atoms with Crippen molar-refractivity contribution in [3.05, 3.63) is 105 Å². The van der Waals surface area contributed by atoms with E-state index in [0.717, 1.165) is 5.56 Å². The van der Waals surface area contributed by atoms with Crippen molar-refractivity contribution in [1.29, 1.82) is 0 Å². The molecule has 1 amide bonds. The molecule has 0 fully saturated rings. The summed E-state index contributed by atoms with van der Waals surface area (Å²) in [5.41, 5.74) is 3.91. The molecule has 2 aromatic heterocycles. The van der Waals surface area contributed by atoms with Crippen molar-refractivity contribution >= 4 is 46.8 Å². The lowest BCUT2D eigenvalue weighted by Gasteiger charge is -2.35. The Hall–Kier alpha value is -4.21. The average Bonchev–Trinajstić information content (AvgIpc) is 3.46. The summed E-state index contributed by atoms with van der Waals surface area (Å²) in [7, 11) is 0. The monoisotopic (exact) mass is 560 g/mol. The van der Waals surface area contributed by atoms with Gasteiger partial charge in [-0.15, -0.1) is 5.10 Å². The zero-order valence-corrected chi connectivity index (χ0v) is 22.3. The Balaban J connectivity index is 1.45. The predicted octanol–water partition coefficient (Wildman–Crippen LogP) is 4.52. The van der Waals surface area contributed by atoms with Crippen LogP contribution >= 0.6 is 23.2 Å². The van der Waals surface area contributed by atoms with Crippen LogP contribution in [0.25, 0.3) is 11.8 Å². The second-order valence-corrected chi connectivity index (χ2v) is 9.86. The summed E-state index contributed by atoms with van der Waals surface area (Å²) in [5.74, 6) is -0.568. The van der Waals surface area contributed by atoms with Crippen molar-refractivity contribution in [3.63, 3.8) is 0 Å². The van der Waals surface area contributed by atoms with Crippen LogP contribution in [0.1, 0.15) is 45.7 Å². The van der Waals surface area contributed by atoms with E-state index < -0.39 is 6.04 Å². The molecule has 1 aliphatic heterocycles. The SMILES string of the molecule is CC(=O)c1ccc(CC(=O)C2c3ccc(Cl)nc3CCN2C(=O)/C=C/c2cc(Cl)ccc2-n2cnnn2)cc1. The molecule has 0 aliphatic carbocycles. The smallest absolute Gasteiger partial charge is 0.247 e. The van der Waals surface area contributed by atoms with Gasteiger partial charge in [0.25, 0.3) is 0 Å². The third-order valence-electron chi connectivity index (χ3n) is 6.49. The van der Waals surface area contributed by atoms with Crippen LogP contribution in [-0.2, 0) is 22.4 Å². The lowest BCUT2D eigenvalue weighted by molar-refractivity contribution is -0.136. The van der Waals surface area contributed by atoms with E-state index in [4.69, 9.17) is 23.2 Å². The number of hydrogen-bond acceptors (Lipinski definition) is 7. The number of pyridine rings is 1. The van der Waals surface area contributed by atoms with Crippen molar-refractivity contribution in [2.75, 3.05) is 6.54 Å². The van der Waals surface area contributed by atoms with Crippen molar-refractivity contribution in [2.24, 2.45) is 0 Å². The largest absolute Gasteiger partial charge is 0.325 e. The molecule has 196 valence electrons. The number of amides is 1. The molecular weight excluding hydrogens is 539 g/mol. The number of rotatable bonds is 7. The van der Waals surface area contributed by atoms with E-state index in [9.17, 15) is 14.4 Å². The number of Topliss-reactive ketones (excluding diaryl/α,β-unsaturated/α-hetero) is 2. The molecule has 0 N–H and O–H groups in total. The van der Waals surface area contributed by atoms with E-state index >= 15 is 0 Å². The minimum atomic E-state index is -0.846. The number of fused-ring (bicyclic) bond motifs is 1. The molecule has 1 aliphatic rings. The minimum absolute atomic E-state index is 0.0523. The highest BCUT2D eigenvalue weighted by Gasteiger charge is 2.35. The Kier molecular flexibility index (Phi) is 7.63. The molecule has 0 bridgehead atoms. The first kappa shape index (κ1) is 26.4. The molecule has 0 spiro atoms. The number of carbonyl (C=O) groups excluding carboxylic acids is 3. The van der Waals surface area contributed by atoms with Crippen LogP contribution in [0.5, 0.6) is 0 Å². The molecule has 11 heteroatoms. The van der Waals surface area contributed by atoms with Crippen LogP contribution in [0.15, 0.2) is 67.0 Å². The lowest BCUT2D eigenvalue weighted by atomic mass is 9.90. The maximum absolute atomic E-state index is 13.7. The highest BCUT2D eigenvalue weighted by molar-refractivity contribution is 6.30.